The molecule has 0 spiro atoms. The van der Waals surface area contributed by atoms with Crippen molar-refractivity contribution in [3.63, 3.8) is 0 Å². The number of anilines is 3. The number of carboxylic acids is 1. The molecule has 0 amide bonds. The van der Waals surface area contributed by atoms with Crippen molar-refractivity contribution in [3.05, 3.63) is 131 Å². The van der Waals surface area contributed by atoms with Crippen LogP contribution in [0.15, 0.2) is 115 Å². The molecule has 4 aromatic carbocycles. The zero-order chi connectivity index (χ0) is 27.4. The van der Waals surface area contributed by atoms with Gasteiger partial charge in [-0.1, -0.05) is 71.8 Å². The normalized spacial score (nSPS) is 11.2. The Labute approximate surface area is 232 Å². The fourth-order valence-electron chi connectivity index (χ4n) is 4.33. The molecule has 5 heteroatoms. The van der Waals surface area contributed by atoms with Gasteiger partial charge in [0, 0.05) is 26.8 Å². The highest BCUT2D eigenvalue weighted by molar-refractivity contribution is 7.16. The molecule has 190 valence electrons. The summed E-state index contributed by atoms with van der Waals surface area (Å²) in [5.41, 5.74) is 8.75. The molecule has 0 bridgehead atoms. The molecule has 1 heterocycles. The lowest BCUT2D eigenvalue weighted by atomic mass is 10.0. The van der Waals surface area contributed by atoms with E-state index in [9.17, 15) is 4.79 Å². The molecule has 39 heavy (non-hydrogen) atoms. The third-order valence-electron chi connectivity index (χ3n) is 6.48. The van der Waals surface area contributed by atoms with Crippen LogP contribution in [0.5, 0.6) is 0 Å². The Morgan fingerprint density at radius 3 is 1.59 bits per heavy atom. The molecule has 0 aliphatic carbocycles. The Balaban J connectivity index is 1.40. The molecule has 0 aliphatic heterocycles. The van der Waals surface area contributed by atoms with E-state index in [4.69, 9.17) is 10.4 Å². The standard InChI is InChI=1S/C34H26N2O2S/c1-23-3-13-29(14-4-23)36(30-15-5-24(2)6-16-30)31-17-11-26(12-18-31)25-7-9-27(10-8-25)33-20-19-32(39-33)21-28(22-35)34(37)38/h3-21H,1-2H3,(H,37,38)/b28-21+. The fraction of sp³-hybridized carbons (Fsp3) is 0.0588. The van der Waals surface area contributed by atoms with Gasteiger partial charge in [-0.05, 0) is 85.1 Å². The maximum Gasteiger partial charge on any atom is 0.346 e. The molecule has 0 fully saturated rings. The van der Waals surface area contributed by atoms with E-state index in [0.29, 0.717) is 0 Å². The summed E-state index contributed by atoms with van der Waals surface area (Å²) >= 11 is 1.46. The lowest BCUT2D eigenvalue weighted by molar-refractivity contribution is -0.132. The average Bonchev–Trinajstić information content (AvgIpc) is 3.43. The molecular weight excluding hydrogens is 500 g/mol. The Morgan fingerprint density at radius 1 is 0.692 bits per heavy atom. The molecule has 0 aliphatic rings. The number of thiophene rings is 1. The van der Waals surface area contributed by atoms with Crippen LogP contribution in [0.3, 0.4) is 0 Å². The number of aliphatic carboxylic acids is 1. The molecule has 0 saturated carbocycles. The van der Waals surface area contributed by atoms with Crippen LogP contribution < -0.4 is 4.90 Å². The van der Waals surface area contributed by atoms with E-state index in [1.54, 1.807) is 6.07 Å². The van der Waals surface area contributed by atoms with E-state index in [0.717, 1.165) is 43.5 Å². The van der Waals surface area contributed by atoms with Gasteiger partial charge in [-0.25, -0.2) is 4.79 Å². The van der Waals surface area contributed by atoms with Crippen LogP contribution in [0.1, 0.15) is 16.0 Å². The maximum atomic E-state index is 11.1. The predicted octanol–water partition coefficient (Wildman–Crippen LogP) is 9.16. The van der Waals surface area contributed by atoms with E-state index < -0.39 is 5.97 Å². The molecule has 0 atom stereocenters. The number of carbonyl (C=O) groups is 1. The lowest BCUT2D eigenvalue weighted by Gasteiger charge is -2.26. The highest BCUT2D eigenvalue weighted by Crippen LogP contribution is 2.36. The summed E-state index contributed by atoms with van der Waals surface area (Å²) in [6.07, 6.45) is 1.41. The number of benzene rings is 4. The van der Waals surface area contributed by atoms with Crippen molar-refractivity contribution in [3.8, 4) is 27.6 Å². The van der Waals surface area contributed by atoms with E-state index in [1.807, 2.05) is 12.1 Å². The number of nitriles is 1. The van der Waals surface area contributed by atoms with Crippen molar-refractivity contribution >= 4 is 40.4 Å². The topological polar surface area (TPSA) is 64.3 Å². The molecule has 0 radical (unpaired) electrons. The number of aryl methyl sites for hydroxylation is 2. The van der Waals surface area contributed by atoms with Crippen LogP contribution in [0.2, 0.25) is 0 Å². The predicted molar refractivity (Wildman–Crippen MR) is 161 cm³/mol. The minimum Gasteiger partial charge on any atom is -0.477 e. The summed E-state index contributed by atoms with van der Waals surface area (Å²) in [5.74, 6) is -1.22. The van der Waals surface area contributed by atoms with E-state index in [-0.39, 0.29) is 5.57 Å². The average molecular weight is 527 g/mol. The Bertz CT molecular complexity index is 1630. The van der Waals surface area contributed by atoms with Crippen molar-refractivity contribution < 1.29 is 9.90 Å². The van der Waals surface area contributed by atoms with Crippen molar-refractivity contribution in [1.82, 2.24) is 0 Å². The van der Waals surface area contributed by atoms with Crippen molar-refractivity contribution in [1.29, 1.82) is 5.26 Å². The number of rotatable bonds is 7. The molecule has 0 saturated heterocycles. The Morgan fingerprint density at radius 2 is 1.13 bits per heavy atom. The van der Waals surface area contributed by atoms with Crippen molar-refractivity contribution in [2.24, 2.45) is 0 Å². The second kappa shape index (κ2) is 11.2. The summed E-state index contributed by atoms with van der Waals surface area (Å²) in [5, 5.41) is 18.1. The van der Waals surface area contributed by atoms with Crippen molar-refractivity contribution in [2.45, 2.75) is 13.8 Å². The summed E-state index contributed by atoms with van der Waals surface area (Å²) in [6.45, 7) is 4.19. The van der Waals surface area contributed by atoms with Gasteiger partial charge in [-0.15, -0.1) is 11.3 Å². The van der Waals surface area contributed by atoms with Gasteiger partial charge in [0.25, 0.3) is 0 Å². The number of hydrogen-bond donors (Lipinski definition) is 1. The largest absolute Gasteiger partial charge is 0.477 e. The van der Waals surface area contributed by atoms with Crippen LogP contribution in [-0.4, -0.2) is 11.1 Å². The maximum absolute atomic E-state index is 11.1. The van der Waals surface area contributed by atoms with E-state index in [2.05, 4.69) is 116 Å². The summed E-state index contributed by atoms with van der Waals surface area (Å²) in [6, 6.07) is 39.5. The van der Waals surface area contributed by atoms with Crippen LogP contribution in [0.4, 0.5) is 17.1 Å². The third kappa shape index (κ3) is 5.82. The molecule has 1 aromatic heterocycles. The van der Waals surface area contributed by atoms with Gasteiger partial charge < -0.3 is 10.0 Å². The number of nitrogens with zero attached hydrogens (tertiary/aromatic N) is 2. The van der Waals surface area contributed by atoms with Gasteiger partial charge in [0.05, 0.1) is 0 Å². The van der Waals surface area contributed by atoms with Gasteiger partial charge in [0.1, 0.15) is 11.6 Å². The first-order chi connectivity index (χ1) is 18.9. The third-order valence-corrected chi connectivity index (χ3v) is 7.56. The van der Waals surface area contributed by atoms with Crippen molar-refractivity contribution in [2.75, 3.05) is 4.90 Å². The second-order valence-electron chi connectivity index (χ2n) is 9.31. The smallest absolute Gasteiger partial charge is 0.346 e. The Hall–Kier alpha value is -4.92. The van der Waals surface area contributed by atoms with Gasteiger partial charge in [0.15, 0.2) is 0 Å². The summed E-state index contributed by atoms with van der Waals surface area (Å²) in [7, 11) is 0. The van der Waals surface area contributed by atoms with Crippen LogP contribution in [0, 0.1) is 25.2 Å². The number of hydrogen-bond acceptors (Lipinski definition) is 4. The minimum atomic E-state index is -1.22. The molecule has 5 aromatic rings. The quantitative estimate of drug-likeness (QED) is 0.170. The number of carboxylic acid groups (broad SMARTS) is 1. The zero-order valence-electron chi connectivity index (χ0n) is 21.6. The first-order valence-electron chi connectivity index (χ1n) is 12.5. The van der Waals surface area contributed by atoms with Gasteiger partial charge >= 0.3 is 5.97 Å². The van der Waals surface area contributed by atoms with Gasteiger partial charge in [-0.2, -0.15) is 5.26 Å². The van der Waals surface area contributed by atoms with E-state index >= 15 is 0 Å². The fourth-order valence-corrected chi connectivity index (χ4v) is 5.29. The molecule has 4 nitrogen and oxygen atoms in total. The summed E-state index contributed by atoms with van der Waals surface area (Å²) in [4.78, 5) is 15.1. The minimum absolute atomic E-state index is 0.273. The van der Waals surface area contributed by atoms with Crippen LogP contribution in [0.25, 0.3) is 27.6 Å². The lowest BCUT2D eigenvalue weighted by Crippen LogP contribution is -2.09. The molecule has 5 rings (SSSR count). The van der Waals surface area contributed by atoms with Crippen LogP contribution in [-0.2, 0) is 4.79 Å². The highest BCUT2D eigenvalue weighted by atomic mass is 32.1. The molecule has 1 N–H and O–H groups in total. The van der Waals surface area contributed by atoms with E-state index in [1.165, 1.54) is 28.5 Å². The highest BCUT2D eigenvalue weighted by Gasteiger charge is 2.13. The van der Waals surface area contributed by atoms with Gasteiger partial charge in [0.2, 0.25) is 0 Å². The first-order valence-corrected chi connectivity index (χ1v) is 13.3. The van der Waals surface area contributed by atoms with Gasteiger partial charge in [-0.3, -0.25) is 0 Å². The molecular formula is C34H26N2O2S. The van der Waals surface area contributed by atoms with Crippen LogP contribution >= 0.6 is 11.3 Å². The zero-order valence-corrected chi connectivity index (χ0v) is 22.4. The molecule has 0 unspecified atom stereocenters. The summed E-state index contributed by atoms with van der Waals surface area (Å²) < 4.78 is 0. The second-order valence-corrected chi connectivity index (χ2v) is 10.4. The first kappa shape index (κ1) is 25.7. The Kier molecular flexibility index (Phi) is 7.40. The monoisotopic (exact) mass is 526 g/mol. The SMILES string of the molecule is Cc1ccc(N(c2ccc(C)cc2)c2ccc(-c3ccc(-c4ccc(/C=C(\C#N)C(=O)O)s4)cc3)cc2)cc1.